The fourth-order valence-electron chi connectivity index (χ4n) is 1.85. The van der Waals surface area contributed by atoms with Crippen molar-refractivity contribution in [2.75, 3.05) is 12.3 Å². The van der Waals surface area contributed by atoms with Gasteiger partial charge in [0.1, 0.15) is 0 Å². The third kappa shape index (κ3) is 4.49. The molecule has 0 spiro atoms. The normalized spacial score (nSPS) is 12.6. The van der Waals surface area contributed by atoms with Crippen molar-refractivity contribution in [3.63, 3.8) is 0 Å². The van der Waals surface area contributed by atoms with Crippen molar-refractivity contribution in [3.05, 3.63) is 29.8 Å². The molecule has 108 valence electrons. The van der Waals surface area contributed by atoms with E-state index in [9.17, 15) is 13.5 Å². The Balaban J connectivity index is 2.84. The first-order valence-electron chi connectivity index (χ1n) is 6.33. The third-order valence-electron chi connectivity index (χ3n) is 3.36. The highest BCUT2D eigenvalue weighted by Gasteiger charge is 2.30. The topological polar surface area (TPSA) is 92.4 Å². The molecule has 0 fully saturated rings. The van der Waals surface area contributed by atoms with Crippen LogP contribution in [0.3, 0.4) is 0 Å². The zero-order valence-electron chi connectivity index (χ0n) is 11.4. The predicted octanol–water partition coefficient (Wildman–Crippen LogP) is 1.24. The highest BCUT2D eigenvalue weighted by molar-refractivity contribution is 7.88. The molecule has 1 aromatic carbocycles. The van der Waals surface area contributed by atoms with Crippen LogP contribution in [0, 0.1) is 0 Å². The number of aliphatic hydroxyl groups is 1. The fraction of sp³-hybridized carbons (Fsp3) is 0.538. The van der Waals surface area contributed by atoms with Gasteiger partial charge in [0.05, 0.1) is 17.9 Å². The molecule has 1 aromatic rings. The van der Waals surface area contributed by atoms with Gasteiger partial charge in [0.2, 0.25) is 10.0 Å². The van der Waals surface area contributed by atoms with Crippen molar-refractivity contribution in [1.82, 2.24) is 4.72 Å². The van der Waals surface area contributed by atoms with E-state index >= 15 is 0 Å². The van der Waals surface area contributed by atoms with Crippen molar-refractivity contribution in [1.29, 1.82) is 0 Å². The molecule has 0 unspecified atom stereocenters. The zero-order valence-corrected chi connectivity index (χ0v) is 12.2. The lowest BCUT2D eigenvalue weighted by Crippen LogP contribution is -2.50. The molecule has 1 rings (SSSR count). The molecule has 4 N–H and O–H groups in total. The maximum Gasteiger partial charge on any atom is 0.216 e. The van der Waals surface area contributed by atoms with Gasteiger partial charge in [-0.25, -0.2) is 13.1 Å². The van der Waals surface area contributed by atoms with E-state index in [1.54, 1.807) is 24.3 Å². The molecule has 0 heterocycles. The van der Waals surface area contributed by atoms with Crippen molar-refractivity contribution < 1.29 is 13.5 Å². The largest absolute Gasteiger partial charge is 0.399 e. The maximum absolute atomic E-state index is 12.1. The Morgan fingerprint density at radius 2 is 1.74 bits per heavy atom. The summed E-state index contributed by atoms with van der Waals surface area (Å²) in [4.78, 5) is 0. The van der Waals surface area contributed by atoms with Crippen LogP contribution in [0.4, 0.5) is 5.69 Å². The van der Waals surface area contributed by atoms with E-state index in [1.165, 1.54) is 0 Å². The zero-order chi connectivity index (χ0) is 14.5. The Bertz CT molecular complexity index is 485. The van der Waals surface area contributed by atoms with Crippen LogP contribution in [-0.4, -0.2) is 25.7 Å². The lowest BCUT2D eigenvalue weighted by molar-refractivity contribution is 0.172. The molecule has 0 bridgehead atoms. The van der Waals surface area contributed by atoms with Gasteiger partial charge >= 0.3 is 0 Å². The molecule has 0 aliphatic rings. The average molecular weight is 286 g/mol. The van der Waals surface area contributed by atoms with Crippen LogP contribution >= 0.6 is 0 Å². The first kappa shape index (κ1) is 15.9. The molecule has 0 radical (unpaired) electrons. The summed E-state index contributed by atoms with van der Waals surface area (Å²) in [5.74, 6) is -0.116. The molecule has 0 aliphatic carbocycles. The molecule has 0 aliphatic heterocycles. The Kier molecular flexibility index (Phi) is 5.34. The third-order valence-corrected chi connectivity index (χ3v) is 4.82. The molecule has 6 heteroatoms. The number of sulfonamides is 1. The summed E-state index contributed by atoms with van der Waals surface area (Å²) >= 11 is 0. The number of nitrogens with two attached hydrogens (primary N) is 1. The maximum atomic E-state index is 12.1. The van der Waals surface area contributed by atoms with E-state index in [0.29, 0.717) is 24.1 Å². The Morgan fingerprint density at radius 1 is 1.21 bits per heavy atom. The van der Waals surface area contributed by atoms with Gasteiger partial charge in [-0.1, -0.05) is 26.0 Å². The smallest absolute Gasteiger partial charge is 0.216 e. The first-order valence-corrected chi connectivity index (χ1v) is 7.98. The number of nitrogens with one attached hydrogen (secondary N) is 1. The lowest BCUT2D eigenvalue weighted by atomic mass is 9.96. The van der Waals surface area contributed by atoms with Gasteiger partial charge < -0.3 is 10.8 Å². The predicted molar refractivity (Wildman–Crippen MR) is 77.0 cm³/mol. The number of aliphatic hydroxyl groups excluding tert-OH is 1. The van der Waals surface area contributed by atoms with Crippen molar-refractivity contribution >= 4 is 15.7 Å². The van der Waals surface area contributed by atoms with Crippen LogP contribution in [0.15, 0.2) is 24.3 Å². The Labute approximate surface area is 114 Å². The minimum Gasteiger partial charge on any atom is -0.399 e. The SMILES string of the molecule is CCC(CC)(CO)NS(=O)(=O)Cc1ccc(N)cc1. The number of anilines is 1. The molecule has 19 heavy (non-hydrogen) atoms. The summed E-state index contributed by atoms with van der Waals surface area (Å²) in [5.41, 5.74) is 6.05. The van der Waals surface area contributed by atoms with Gasteiger partial charge in [0, 0.05) is 5.69 Å². The highest BCUT2D eigenvalue weighted by atomic mass is 32.2. The van der Waals surface area contributed by atoms with Crippen molar-refractivity contribution in [3.8, 4) is 0 Å². The summed E-state index contributed by atoms with van der Waals surface area (Å²) in [7, 11) is -3.49. The summed E-state index contributed by atoms with van der Waals surface area (Å²) in [6, 6.07) is 6.72. The monoisotopic (exact) mass is 286 g/mol. The summed E-state index contributed by atoms with van der Waals surface area (Å²) in [6.45, 7) is 3.50. The Morgan fingerprint density at radius 3 is 2.16 bits per heavy atom. The van der Waals surface area contributed by atoms with Crippen LogP contribution < -0.4 is 10.5 Å². The van der Waals surface area contributed by atoms with E-state index in [4.69, 9.17) is 5.73 Å². The van der Waals surface area contributed by atoms with Crippen LogP contribution in [0.25, 0.3) is 0 Å². The van der Waals surface area contributed by atoms with Crippen LogP contribution in [-0.2, 0) is 15.8 Å². The second-order valence-electron chi connectivity index (χ2n) is 4.75. The van der Waals surface area contributed by atoms with Gasteiger partial charge in [-0.3, -0.25) is 0 Å². The summed E-state index contributed by atoms with van der Waals surface area (Å²) in [6.07, 6.45) is 1.09. The van der Waals surface area contributed by atoms with Crippen LogP contribution in [0.5, 0.6) is 0 Å². The molecular weight excluding hydrogens is 264 g/mol. The number of hydrogen-bond donors (Lipinski definition) is 3. The second-order valence-corrected chi connectivity index (χ2v) is 6.47. The van der Waals surface area contributed by atoms with Gasteiger partial charge in [0.15, 0.2) is 0 Å². The molecule has 0 saturated carbocycles. The fourth-order valence-corrected chi connectivity index (χ4v) is 3.57. The lowest BCUT2D eigenvalue weighted by Gasteiger charge is -2.30. The highest BCUT2D eigenvalue weighted by Crippen LogP contribution is 2.17. The Hall–Kier alpha value is -1.11. The average Bonchev–Trinajstić information content (AvgIpc) is 2.39. The minimum atomic E-state index is -3.49. The molecular formula is C13H22N2O3S. The molecule has 0 atom stereocenters. The van der Waals surface area contributed by atoms with E-state index in [1.807, 2.05) is 13.8 Å². The van der Waals surface area contributed by atoms with Gasteiger partial charge in [-0.2, -0.15) is 0 Å². The van der Waals surface area contributed by atoms with Gasteiger partial charge in [-0.15, -0.1) is 0 Å². The number of benzene rings is 1. The van der Waals surface area contributed by atoms with E-state index in [2.05, 4.69) is 4.72 Å². The van der Waals surface area contributed by atoms with E-state index in [0.717, 1.165) is 0 Å². The second kappa shape index (κ2) is 6.36. The molecule has 0 aromatic heterocycles. The van der Waals surface area contributed by atoms with Crippen molar-refractivity contribution in [2.45, 2.75) is 38.0 Å². The van der Waals surface area contributed by atoms with Crippen molar-refractivity contribution in [2.24, 2.45) is 0 Å². The minimum absolute atomic E-state index is 0.116. The molecule has 0 saturated heterocycles. The van der Waals surface area contributed by atoms with E-state index < -0.39 is 15.6 Å². The number of rotatable bonds is 7. The molecule has 5 nitrogen and oxygen atoms in total. The van der Waals surface area contributed by atoms with E-state index in [-0.39, 0.29) is 12.4 Å². The first-order chi connectivity index (χ1) is 8.86. The molecule has 0 amide bonds. The number of nitrogen functional groups attached to an aromatic ring is 1. The van der Waals surface area contributed by atoms with Gasteiger partial charge in [0.25, 0.3) is 0 Å². The number of hydrogen-bond acceptors (Lipinski definition) is 4. The summed E-state index contributed by atoms with van der Waals surface area (Å²) < 4.78 is 26.9. The quantitative estimate of drug-likeness (QED) is 0.657. The van der Waals surface area contributed by atoms with Crippen LogP contribution in [0.1, 0.15) is 32.3 Å². The summed E-state index contributed by atoms with van der Waals surface area (Å²) in [5, 5.41) is 9.40. The van der Waals surface area contributed by atoms with Gasteiger partial charge in [-0.05, 0) is 30.5 Å². The standard InChI is InChI=1S/C13H22N2O3S/c1-3-13(4-2,10-16)15-19(17,18)9-11-5-7-12(14)8-6-11/h5-8,15-16H,3-4,9-10,14H2,1-2H3. The van der Waals surface area contributed by atoms with Crippen LogP contribution in [0.2, 0.25) is 0 Å².